The van der Waals surface area contributed by atoms with Crippen LogP contribution >= 0.6 is 0 Å². The van der Waals surface area contributed by atoms with E-state index in [1.54, 1.807) is 0 Å². The summed E-state index contributed by atoms with van der Waals surface area (Å²) in [6, 6.07) is 6.97. The lowest BCUT2D eigenvalue weighted by Gasteiger charge is -2.20. The van der Waals surface area contributed by atoms with E-state index in [2.05, 4.69) is 51.2 Å². The van der Waals surface area contributed by atoms with Crippen LogP contribution < -0.4 is 10.1 Å². The quantitative estimate of drug-likeness (QED) is 0.664. The Hall–Kier alpha value is -1.18. The number of benzene rings is 1. The molecule has 0 heterocycles. The second kappa shape index (κ2) is 8.84. The van der Waals surface area contributed by atoms with E-state index in [4.69, 9.17) is 4.74 Å². The minimum atomic E-state index is 0.548. The summed E-state index contributed by atoms with van der Waals surface area (Å²) >= 11 is 0. The van der Waals surface area contributed by atoms with Gasteiger partial charge >= 0.3 is 0 Å². The van der Waals surface area contributed by atoms with Gasteiger partial charge in [0.2, 0.25) is 0 Å². The van der Waals surface area contributed by atoms with Gasteiger partial charge in [-0.15, -0.1) is 0 Å². The first-order chi connectivity index (χ1) is 9.21. The zero-order valence-corrected chi connectivity index (χ0v) is 13.0. The number of hydrogen-bond acceptors (Lipinski definition) is 2. The normalized spacial score (nSPS) is 12.2. The third-order valence-electron chi connectivity index (χ3n) is 3.36. The summed E-state index contributed by atoms with van der Waals surface area (Å²) in [6.45, 7) is 9.52. The number of unbranched alkanes of at least 4 members (excludes halogenated alkanes) is 1. The van der Waals surface area contributed by atoms with Gasteiger partial charge in [-0.2, -0.15) is 0 Å². The van der Waals surface area contributed by atoms with Gasteiger partial charge in [0.05, 0.1) is 12.3 Å². The predicted octanol–water partition coefficient (Wildman–Crippen LogP) is 5.16. The highest BCUT2D eigenvalue weighted by molar-refractivity contribution is 5.58. The topological polar surface area (TPSA) is 21.3 Å². The lowest BCUT2D eigenvalue weighted by atomic mass is 10.1. The lowest BCUT2D eigenvalue weighted by Crippen LogP contribution is -2.19. The molecule has 0 bridgehead atoms. The molecule has 0 radical (unpaired) electrons. The Morgan fingerprint density at radius 1 is 1.16 bits per heavy atom. The first-order valence-electron chi connectivity index (χ1n) is 7.71. The molecular weight excluding hydrogens is 234 g/mol. The minimum Gasteiger partial charge on any atom is -0.491 e. The Morgan fingerprint density at radius 3 is 2.58 bits per heavy atom. The molecule has 2 nitrogen and oxygen atoms in total. The van der Waals surface area contributed by atoms with Gasteiger partial charge in [0.15, 0.2) is 0 Å². The summed E-state index contributed by atoms with van der Waals surface area (Å²) in [4.78, 5) is 0. The second-order valence-corrected chi connectivity index (χ2v) is 5.24. The van der Waals surface area contributed by atoms with Crippen LogP contribution in [0.1, 0.15) is 58.4 Å². The number of anilines is 1. The van der Waals surface area contributed by atoms with E-state index >= 15 is 0 Å². The molecule has 1 unspecified atom stereocenters. The molecule has 0 fully saturated rings. The van der Waals surface area contributed by atoms with Crippen LogP contribution in [0.15, 0.2) is 18.2 Å². The van der Waals surface area contributed by atoms with E-state index in [0.29, 0.717) is 6.04 Å². The van der Waals surface area contributed by atoms with Crippen LogP contribution in [0.3, 0.4) is 0 Å². The average molecular weight is 263 g/mol. The fourth-order valence-corrected chi connectivity index (χ4v) is 2.13. The van der Waals surface area contributed by atoms with Gasteiger partial charge in [-0.3, -0.25) is 0 Å². The molecule has 0 aliphatic rings. The molecule has 0 spiro atoms. The summed E-state index contributed by atoms with van der Waals surface area (Å²) in [5.41, 5.74) is 2.39. The molecule has 2 heteroatoms. The molecule has 0 saturated heterocycles. The molecule has 19 heavy (non-hydrogen) atoms. The van der Waals surface area contributed by atoms with Gasteiger partial charge in [0, 0.05) is 6.04 Å². The summed E-state index contributed by atoms with van der Waals surface area (Å²) in [5, 5.41) is 3.64. The number of aryl methyl sites for hydroxylation is 1. The second-order valence-electron chi connectivity index (χ2n) is 5.24. The SMILES string of the molecule is CCCCC(CC)Nc1ccc(C)cc1OCCC. The predicted molar refractivity (Wildman–Crippen MR) is 84.2 cm³/mol. The van der Waals surface area contributed by atoms with Crippen molar-refractivity contribution < 1.29 is 4.74 Å². The number of rotatable bonds is 9. The van der Waals surface area contributed by atoms with Crippen LogP contribution in [0.25, 0.3) is 0 Å². The van der Waals surface area contributed by atoms with Crippen molar-refractivity contribution in [1.29, 1.82) is 0 Å². The molecule has 0 amide bonds. The Morgan fingerprint density at radius 2 is 1.95 bits per heavy atom. The Bertz CT molecular complexity index is 362. The van der Waals surface area contributed by atoms with E-state index in [-0.39, 0.29) is 0 Å². The molecule has 1 N–H and O–H groups in total. The van der Waals surface area contributed by atoms with Crippen LogP contribution in [0.4, 0.5) is 5.69 Å². The van der Waals surface area contributed by atoms with Crippen molar-refractivity contribution >= 4 is 5.69 Å². The van der Waals surface area contributed by atoms with Gasteiger partial charge in [0.1, 0.15) is 5.75 Å². The molecule has 0 aliphatic heterocycles. The zero-order chi connectivity index (χ0) is 14.1. The Balaban J connectivity index is 2.73. The number of nitrogens with one attached hydrogen (secondary N) is 1. The van der Waals surface area contributed by atoms with Crippen LogP contribution in [0.5, 0.6) is 5.75 Å². The molecule has 0 aromatic heterocycles. The van der Waals surface area contributed by atoms with Gasteiger partial charge in [-0.25, -0.2) is 0 Å². The summed E-state index contributed by atoms with van der Waals surface area (Å²) in [6.07, 6.45) is 5.96. The molecule has 1 atom stereocenters. The number of ether oxygens (including phenoxy) is 1. The fourth-order valence-electron chi connectivity index (χ4n) is 2.13. The van der Waals surface area contributed by atoms with Gasteiger partial charge in [0.25, 0.3) is 0 Å². The zero-order valence-electron chi connectivity index (χ0n) is 13.0. The van der Waals surface area contributed by atoms with Gasteiger partial charge < -0.3 is 10.1 Å². The first kappa shape index (κ1) is 15.9. The van der Waals surface area contributed by atoms with E-state index < -0.39 is 0 Å². The average Bonchev–Trinajstić information content (AvgIpc) is 2.43. The largest absolute Gasteiger partial charge is 0.491 e. The summed E-state index contributed by atoms with van der Waals surface area (Å²) in [5.74, 6) is 0.997. The van der Waals surface area contributed by atoms with Crippen LogP contribution in [-0.4, -0.2) is 12.6 Å². The molecule has 108 valence electrons. The van der Waals surface area contributed by atoms with E-state index in [1.807, 2.05) is 0 Å². The maximum Gasteiger partial charge on any atom is 0.142 e. The summed E-state index contributed by atoms with van der Waals surface area (Å²) in [7, 11) is 0. The Kier molecular flexibility index (Phi) is 7.39. The summed E-state index contributed by atoms with van der Waals surface area (Å²) < 4.78 is 5.85. The highest BCUT2D eigenvalue weighted by Crippen LogP contribution is 2.27. The standard InChI is InChI=1S/C17H29NO/c1-5-8-9-15(7-3)18-16-11-10-14(4)13-17(16)19-12-6-2/h10-11,13,15,18H,5-9,12H2,1-4H3. The van der Waals surface area contributed by atoms with Crippen molar-refractivity contribution in [1.82, 2.24) is 0 Å². The number of hydrogen-bond donors (Lipinski definition) is 1. The van der Waals surface area contributed by atoms with Crippen LogP contribution in [0.2, 0.25) is 0 Å². The van der Waals surface area contributed by atoms with Crippen molar-refractivity contribution in [3.8, 4) is 5.75 Å². The van der Waals surface area contributed by atoms with E-state index in [9.17, 15) is 0 Å². The van der Waals surface area contributed by atoms with Crippen molar-refractivity contribution in [2.75, 3.05) is 11.9 Å². The maximum atomic E-state index is 5.85. The van der Waals surface area contributed by atoms with E-state index in [0.717, 1.165) is 30.9 Å². The molecule has 1 aromatic carbocycles. The third kappa shape index (κ3) is 5.54. The van der Waals surface area contributed by atoms with Crippen LogP contribution in [-0.2, 0) is 0 Å². The highest BCUT2D eigenvalue weighted by Gasteiger charge is 2.09. The molecule has 0 saturated carbocycles. The third-order valence-corrected chi connectivity index (χ3v) is 3.36. The van der Waals surface area contributed by atoms with E-state index in [1.165, 1.54) is 24.8 Å². The van der Waals surface area contributed by atoms with Gasteiger partial charge in [-0.05, 0) is 43.9 Å². The van der Waals surface area contributed by atoms with Crippen molar-refractivity contribution in [2.45, 2.75) is 65.8 Å². The van der Waals surface area contributed by atoms with Crippen molar-refractivity contribution in [3.63, 3.8) is 0 Å². The molecule has 1 aromatic rings. The molecule has 1 rings (SSSR count). The Labute approximate surface area is 118 Å². The monoisotopic (exact) mass is 263 g/mol. The molecule has 0 aliphatic carbocycles. The van der Waals surface area contributed by atoms with Crippen LogP contribution in [0, 0.1) is 6.92 Å². The minimum absolute atomic E-state index is 0.548. The van der Waals surface area contributed by atoms with Crippen molar-refractivity contribution in [3.05, 3.63) is 23.8 Å². The lowest BCUT2D eigenvalue weighted by molar-refractivity contribution is 0.318. The smallest absolute Gasteiger partial charge is 0.142 e. The highest BCUT2D eigenvalue weighted by atomic mass is 16.5. The van der Waals surface area contributed by atoms with Gasteiger partial charge in [-0.1, -0.05) is 39.7 Å². The molecular formula is C17H29NO. The fraction of sp³-hybridized carbons (Fsp3) is 0.647. The maximum absolute atomic E-state index is 5.85. The first-order valence-corrected chi connectivity index (χ1v) is 7.71. The van der Waals surface area contributed by atoms with Crippen molar-refractivity contribution in [2.24, 2.45) is 0 Å².